The fourth-order valence-electron chi connectivity index (χ4n) is 0.468. The zero-order valence-electron chi connectivity index (χ0n) is 6.72. The highest BCUT2D eigenvalue weighted by Gasteiger charge is 1.96. The van der Waals surface area contributed by atoms with Crippen LogP contribution in [0, 0.1) is 11.8 Å². The van der Waals surface area contributed by atoms with Gasteiger partial charge in [0.2, 0.25) is 0 Å². The predicted molar refractivity (Wildman–Crippen MR) is 43.8 cm³/mol. The number of hydrogen-bond acceptors (Lipinski definition) is 2. The molecule has 0 bridgehead atoms. The van der Waals surface area contributed by atoms with Crippen LogP contribution >= 0.6 is 0 Å². The number of carbonyl (C=O) groups excluding carboxylic acids is 1. The molecule has 0 aromatic carbocycles. The molecular formula is C9H12O2. The van der Waals surface area contributed by atoms with E-state index in [9.17, 15) is 4.79 Å². The molecule has 0 aromatic rings. The Balaban J connectivity index is 3.34. The van der Waals surface area contributed by atoms with E-state index in [1.54, 1.807) is 13.0 Å². The largest absolute Gasteiger partial charge is 0.465 e. The lowest BCUT2D eigenvalue weighted by atomic mass is 10.4. The Labute approximate surface area is 67.2 Å². The minimum atomic E-state index is -0.263. The molecule has 60 valence electrons. The quantitative estimate of drug-likeness (QED) is 0.264. The molecule has 0 aliphatic rings. The van der Waals surface area contributed by atoms with E-state index in [2.05, 4.69) is 18.4 Å². The molecule has 0 aliphatic heterocycles. The average molecular weight is 152 g/mol. The molecule has 0 aliphatic carbocycles. The molecule has 0 saturated carbocycles. The number of rotatable bonds is 4. The maximum absolute atomic E-state index is 10.7. The third-order valence-corrected chi connectivity index (χ3v) is 0.995. The van der Waals surface area contributed by atoms with Crippen molar-refractivity contribution in [2.75, 3.05) is 6.61 Å². The molecule has 2 nitrogen and oxygen atoms in total. The monoisotopic (exact) mass is 152 g/mol. The molecular weight excluding hydrogens is 140 g/mol. The van der Waals surface area contributed by atoms with E-state index in [-0.39, 0.29) is 12.4 Å². The second-order valence-corrected chi connectivity index (χ2v) is 1.90. The van der Waals surface area contributed by atoms with E-state index in [0.717, 1.165) is 0 Å². The molecule has 0 N–H and O–H groups in total. The maximum Gasteiger partial charge on any atom is 0.317 e. The topological polar surface area (TPSA) is 26.3 Å². The van der Waals surface area contributed by atoms with Crippen LogP contribution in [0.1, 0.15) is 19.8 Å². The molecule has 0 radical (unpaired) electrons. The fourth-order valence-corrected chi connectivity index (χ4v) is 0.468. The highest BCUT2D eigenvalue weighted by Crippen LogP contribution is 1.87. The van der Waals surface area contributed by atoms with Crippen molar-refractivity contribution in [1.82, 2.24) is 0 Å². The van der Waals surface area contributed by atoms with Gasteiger partial charge in [0, 0.05) is 0 Å². The number of carbonyl (C=O) groups is 1. The molecule has 0 aromatic heterocycles. The van der Waals surface area contributed by atoms with Gasteiger partial charge in [-0.05, 0) is 13.3 Å². The Kier molecular flexibility index (Phi) is 6.11. The predicted octanol–water partition coefficient (Wildman–Crippen LogP) is 1.52. The summed E-state index contributed by atoms with van der Waals surface area (Å²) >= 11 is 0. The van der Waals surface area contributed by atoms with Gasteiger partial charge in [0.25, 0.3) is 0 Å². The maximum atomic E-state index is 10.7. The smallest absolute Gasteiger partial charge is 0.317 e. The van der Waals surface area contributed by atoms with Crippen LogP contribution in [-0.4, -0.2) is 12.6 Å². The van der Waals surface area contributed by atoms with Crippen LogP contribution in [0.5, 0.6) is 0 Å². The van der Waals surface area contributed by atoms with Crippen LogP contribution < -0.4 is 0 Å². The van der Waals surface area contributed by atoms with E-state index in [4.69, 9.17) is 4.74 Å². The van der Waals surface area contributed by atoms with E-state index in [1.165, 1.54) is 0 Å². The van der Waals surface area contributed by atoms with Crippen molar-refractivity contribution in [3.8, 4) is 11.8 Å². The van der Waals surface area contributed by atoms with Crippen LogP contribution in [0.15, 0.2) is 12.7 Å². The first kappa shape index (κ1) is 9.77. The lowest BCUT2D eigenvalue weighted by Gasteiger charge is -1.97. The second kappa shape index (κ2) is 6.88. The van der Waals surface area contributed by atoms with Crippen LogP contribution in [0.2, 0.25) is 0 Å². The first-order chi connectivity index (χ1) is 5.31. The van der Waals surface area contributed by atoms with Crippen molar-refractivity contribution < 1.29 is 9.53 Å². The zero-order chi connectivity index (χ0) is 8.53. The summed E-state index contributed by atoms with van der Waals surface area (Å²) < 4.78 is 4.77. The molecule has 0 fully saturated rings. The van der Waals surface area contributed by atoms with E-state index in [0.29, 0.717) is 13.0 Å². The summed E-state index contributed by atoms with van der Waals surface area (Å²) in [4.78, 5) is 10.7. The lowest BCUT2D eigenvalue weighted by molar-refractivity contribution is -0.142. The highest BCUT2D eigenvalue weighted by atomic mass is 16.5. The standard InChI is InChI=1S/C9H12O2/c1-3-5-7-9(10)11-8-6-4-2/h4H,2,6-8H2,1H3. The fraction of sp³-hybridized carbons (Fsp3) is 0.444. The van der Waals surface area contributed by atoms with Crippen LogP contribution in [0.4, 0.5) is 0 Å². The van der Waals surface area contributed by atoms with Gasteiger partial charge < -0.3 is 4.74 Å². The minimum Gasteiger partial charge on any atom is -0.465 e. The van der Waals surface area contributed by atoms with Gasteiger partial charge in [-0.25, -0.2) is 0 Å². The molecule has 0 amide bonds. The Morgan fingerprint density at radius 1 is 1.73 bits per heavy atom. The Morgan fingerprint density at radius 2 is 2.45 bits per heavy atom. The highest BCUT2D eigenvalue weighted by molar-refractivity contribution is 5.72. The lowest BCUT2D eigenvalue weighted by Crippen LogP contribution is -2.03. The molecule has 0 spiro atoms. The molecule has 11 heavy (non-hydrogen) atoms. The van der Waals surface area contributed by atoms with Crippen LogP contribution in [0.3, 0.4) is 0 Å². The summed E-state index contributed by atoms with van der Waals surface area (Å²) in [7, 11) is 0. The molecule has 0 rings (SSSR count). The summed E-state index contributed by atoms with van der Waals surface area (Å²) in [6.07, 6.45) is 2.59. The molecule has 0 unspecified atom stereocenters. The Morgan fingerprint density at radius 3 is 3.00 bits per heavy atom. The minimum absolute atomic E-state index is 0.188. The molecule has 2 heteroatoms. The Hall–Kier alpha value is -1.23. The van der Waals surface area contributed by atoms with Gasteiger partial charge in [-0.15, -0.1) is 12.5 Å². The van der Waals surface area contributed by atoms with Crippen molar-refractivity contribution in [3.05, 3.63) is 12.7 Å². The summed E-state index contributed by atoms with van der Waals surface area (Å²) in [6.45, 7) is 5.60. The molecule has 0 saturated heterocycles. The molecule has 0 atom stereocenters. The third kappa shape index (κ3) is 6.66. The van der Waals surface area contributed by atoms with E-state index in [1.807, 2.05) is 0 Å². The number of hydrogen-bond donors (Lipinski definition) is 0. The van der Waals surface area contributed by atoms with Crippen molar-refractivity contribution in [3.63, 3.8) is 0 Å². The van der Waals surface area contributed by atoms with Gasteiger partial charge in [-0.3, -0.25) is 4.79 Å². The number of ether oxygens (including phenoxy) is 1. The third-order valence-electron chi connectivity index (χ3n) is 0.995. The van der Waals surface area contributed by atoms with Crippen LogP contribution in [-0.2, 0) is 9.53 Å². The number of esters is 1. The van der Waals surface area contributed by atoms with Crippen molar-refractivity contribution in [2.45, 2.75) is 19.8 Å². The summed E-state index contributed by atoms with van der Waals surface area (Å²) in [5.41, 5.74) is 0. The van der Waals surface area contributed by atoms with Crippen molar-refractivity contribution in [1.29, 1.82) is 0 Å². The van der Waals surface area contributed by atoms with Gasteiger partial charge in [-0.2, -0.15) is 0 Å². The van der Waals surface area contributed by atoms with Gasteiger partial charge >= 0.3 is 5.97 Å². The summed E-state index contributed by atoms with van der Waals surface area (Å²) in [5.74, 6) is 4.98. The Bertz CT molecular complexity index is 183. The van der Waals surface area contributed by atoms with Gasteiger partial charge in [0.05, 0.1) is 6.61 Å². The summed E-state index contributed by atoms with van der Waals surface area (Å²) in [6, 6.07) is 0. The van der Waals surface area contributed by atoms with Crippen molar-refractivity contribution in [2.24, 2.45) is 0 Å². The van der Waals surface area contributed by atoms with Gasteiger partial charge in [0.15, 0.2) is 0 Å². The van der Waals surface area contributed by atoms with E-state index >= 15 is 0 Å². The van der Waals surface area contributed by atoms with Crippen LogP contribution in [0.25, 0.3) is 0 Å². The average Bonchev–Trinajstić information content (AvgIpc) is 2.01. The van der Waals surface area contributed by atoms with Gasteiger partial charge in [0.1, 0.15) is 6.42 Å². The normalized spacial score (nSPS) is 7.73. The van der Waals surface area contributed by atoms with E-state index < -0.39 is 0 Å². The van der Waals surface area contributed by atoms with Gasteiger partial charge in [-0.1, -0.05) is 12.0 Å². The SMILES string of the molecule is C=CCCOC(=O)CC#CC. The first-order valence-corrected chi connectivity index (χ1v) is 3.47. The molecule has 0 heterocycles. The zero-order valence-corrected chi connectivity index (χ0v) is 6.72. The van der Waals surface area contributed by atoms with Crippen molar-refractivity contribution >= 4 is 5.97 Å². The second-order valence-electron chi connectivity index (χ2n) is 1.90. The first-order valence-electron chi connectivity index (χ1n) is 3.47. The summed E-state index contributed by atoms with van der Waals surface area (Å²) in [5, 5.41) is 0.